The van der Waals surface area contributed by atoms with Crippen LogP contribution in [0.1, 0.15) is 19.8 Å². The molecular formula is C16H16N2O5. The summed E-state index contributed by atoms with van der Waals surface area (Å²) in [6.07, 6.45) is 1.99. The lowest BCUT2D eigenvalue weighted by molar-refractivity contribution is -0.394. The van der Waals surface area contributed by atoms with E-state index in [0.29, 0.717) is 23.5 Å². The molecule has 0 spiro atoms. The molecule has 7 heteroatoms. The van der Waals surface area contributed by atoms with Gasteiger partial charge in [0.25, 0.3) is 11.4 Å². The Labute approximate surface area is 132 Å². The molecule has 0 radical (unpaired) electrons. The van der Waals surface area contributed by atoms with Gasteiger partial charge in [0.1, 0.15) is 5.75 Å². The Morgan fingerprint density at radius 2 is 1.48 bits per heavy atom. The summed E-state index contributed by atoms with van der Waals surface area (Å²) in [6, 6.07) is 10.5. The Bertz CT molecular complexity index is 681. The summed E-state index contributed by atoms with van der Waals surface area (Å²) in [5, 5.41) is 21.8. The molecule has 0 heterocycles. The van der Waals surface area contributed by atoms with Crippen molar-refractivity contribution < 1.29 is 14.6 Å². The van der Waals surface area contributed by atoms with Gasteiger partial charge in [-0.25, -0.2) is 0 Å². The molecule has 7 nitrogen and oxygen atoms in total. The number of rotatable bonds is 7. The molecular weight excluding hydrogens is 300 g/mol. The number of ether oxygens (including phenoxy) is 1. The topological polar surface area (TPSA) is 95.5 Å². The largest absolute Gasteiger partial charge is 0.494 e. The second-order valence-electron chi connectivity index (χ2n) is 4.98. The van der Waals surface area contributed by atoms with Gasteiger partial charge in [0.2, 0.25) is 0 Å². The molecule has 0 atom stereocenters. The Hall–Kier alpha value is -2.96. The zero-order chi connectivity index (χ0) is 16.8. The number of hydrogen-bond donors (Lipinski definition) is 0. The zero-order valence-corrected chi connectivity index (χ0v) is 12.6. The normalized spacial score (nSPS) is 10.3. The molecule has 0 N–H and O–H groups in total. The highest BCUT2D eigenvalue weighted by molar-refractivity contribution is 5.70. The number of unbranched alkanes of at least 4 members (excludes halogenated alkanes) is 1. The fourth-order valence-corrected chi connectivity index (χ4v) is 2.05. The fourth-order valence-electron chi connectivity index (χ4n) is 2.05. The summed E-state index contributed by atoms with van der Waals surface area (Å²) < 4.78 is 5.54. The van der Waals surface area contributed by atoms with Crippen molar-refractivity contribution in [1.82, 2.24) is 0 Å². The number of nitro groups is 2. The van der Waals surface area contributed by atoms with Gasteiger partial charge in [-0.05, 0) is 29.7 Å². The molecule has 0 bridgehead atoms. The molecule has 120 valence electrons. The molecule has 0 aliphatic heterocycles. The van der Waals surface area contributed by atoms with Crippen molar-refractivity contribution in [2.24, 2.45) is 0 Å². The van der Waals surface area contributed by atoms with E-state index in [1.807, 2.05) is 0 Å². The Balaban J connectivity index is 2.30. The number of non-ortho nitro benzene ring substituents is 2. The van der Waals surface area contributed by atoms with Crippen LogP contribution in [0.15, 0.2) is 42.5 Å². The first-order valence-corrected chi connectivity index (χ1v) is 7.18. The van der Waals surface area contributed by atoms with Crippen molar-refractivity contribution in [2.75, 3.05) is 6.61 Å². The lowest BCUT2D eigenvalue weighted by Crippen LogP contribution is -1.96. The maximum Gasteiger partial charge on any atom is 0.276 e. The Morgan fingerprint density at radius 3 is 1.96 bits per heavy atom. The van der Waals surface area contributed by atoms with Crippen LogP contribution in [0.5, 0.6) is 5.75 Å². The molecule has 0 unspecified atom stereocenters. The number of benzene rings is 2. The summed E-state index contributed by atoms with van der Waals surface area (Å²) in [4.78, 5) is 20.6. The van der Waals surface area contributed by atoms with E-state index in [1.165, 1.54) is 12.1 Å². The SMILES string of the molecule is CCCCOc1ccc(-c2cc([N+](=O)[O-])cc([N+](=O)[O-])c2)cc1. The van der Waals surface area contributed by atoms with Gasteiger partial charge in [0.15, 0.2) is 0 Å². The lowest BCUT2D eigenvalue weighted by Gasteiger charge is -2.07. The minimum Gasteiger partial charge on any atom is -0.494 e. The van der Waals surface area contributed by atoms with E-state index in [1.54, 1.807) is 24.3 Å². The third-order valence-corrected chi connectivity index (χ3v) is 3.28. The fraction of sp³-hybridized carbons (Fsp3) is 0.250. The highest BCUT2D eigenvalue weighted by Gasteiger charge is 2.17. The molecule has 2 rings (SSSR count). The first-order chi connectivity index (χ1) is 11.0. The van der Waals surface area contributed by atoms with Gasteiger partial charge < -0.3 is 4.74 Å². The van der Waals surface area contributed by atoms with Gasteiger partial charge in [-0.1, -0.05) is 25.5 Å². The number of hydrogen-bond acceptors (Lipinski definition) is 5. The van der Waals surface area contributed by atoms with Crippen molar-refractivity contribution in [3.8, 4) is 16.9 Å². The molecule has 0 amide bonds. The third-order valence-electron chi connectivity index (χ3n) is 3.28. The highest BCUT2D eigenvalue weighted by Crippen LogP contribution is 2.30. The van der Waals surface area contributed by atoms with Gasteiger partial charge >= 0.3 is 0 Å². The van der Waals surface area contributed by atoms with Gasteiger partial charge in [-0.3, -0.25) is 20.2 Å². The molecule has 23 heavy (non-hydrogen) atoms. The molecule has 0 fully saturated rings. The van der Waals surface area contributed by atoms with Gasteiger partial charge in [-0.2, -0.15) is 0 Å². The van der Waals surface area contributed by atoms with Crippen LogP contribution in [0.3, 0.4) is 0 Å². The van der Waals surface area contributed by atoms with Crippen molar-refractivity contribution in [3.05, 3.63) is 62.7 Å². The predicted molar refractivity (Wildman–Crippen MR) is 85.6 cm³/mol. The average Bonchev–Trinajstić information content (AvgIpc) is 2.55. The quantitative estimate of drug-likeness (QED) is 0.430. The monoisotopic (exact) mass is 316 g/mol. The molecule has 2 aromatic carbocycles. The molecule has 0 saturated heterocycles. The first kappa shape index (κ1) is 16.4. The molecule has 0 saturated carbocycles. The van der Waals surface area contributed by atoms with Crippen LogP contribution in [0, 0.1) is 20.2 Å². The maximum atomic E-state index is 10.9. The minimum absolute atomic E-state index is 0.308. The van der Waals surface area contributed by atoms with Crippen LogP contribution in [0.25, 0.3) is 11.1 Å². The van der Waals surface area contributed by atoms with Crippen molar-refractivity contribution in [3.63, 3.8) is 0 Å². The second kappa shape index (κ2) is 7.35. The summed E-state index contributed by atoms with van der Waals surface area (Å²) in [7, 11) is 0. The van der Waals surface area contributed by atoms with Crippen molar-refractivity contribution in [2.45, 2.75) is 19.8 Å². The van der Waals surface area contributed by atoms with E-state index in [4.69, 9.17) is 4.74 Å². The summed E-state index contributed by atoms with van der Waals surface area (Å²) in [5.41, 5.74) is 0.459. The smallest absolute Gasteiger partial charge is 0.276 e. The molecule has 0 aliphatic rings. The van der Waals surface area contributed by atoms with Crippen LogP contribution >= 0.6 is 0 Å². The standard InChI is InChI=1S/C16H16N2O5/c1-2-3-8-23-16-6-4-12(5-7-16)13-9-14(17(19)20)11-15(10-13)18(21)22/h4-7,9-11H,2-3,8H2,1H3. The van der Waals surface area contributed by atoms with E-state index < -0.39 is 9.85 Å². The second-order valence-corrected chi connectivity index (χ2v) is 4.98. The third kappa shape index (κ3) is 4.26. The van der Waals surface area contributed by atoms with Gasteiger partial charge in [0, 0.05) is 12.1 Å². The van der Waals surface area contributed by atoms with E-state index in [2.05, 4.69) is 6.92 Å². The van der Waals surface area contributed by atoms with Gasteiger partial charge in [0.05, 0.1) is 22.5 Å². The summed E-state index contributed by atoms with van der Waals surface area (Å²) in [5.74, 6) is 0.696. The van der Waals surface area contributed by atoms with Gasteiger partial charge in [-0.15, -0.1) is 0 Å². The van der Waals surface area contributed by atoms with Crippen LogP contribution in [0.4, 0.5) is 11.4 Å². The van der Waals surface area contributed by atoms with Crippen molar-refractivity contribution in [1.29, 1.82) is 0 Å². The predicted octanol–water partition coefficient (Wildman–Crippen LogP) is 4.35. The maximum absolute atomic E-state index is 10.9. The number of nitrogens with zero attached hydrogens (tertiary/aromatic N) is 2. The van der Waals surface area contributed by atoms with Crippen LogP contribution in [-0.4, -0.2) is 16.5 Å². The Kier molecular flexibility index (Phi) is 5.24. The van der Waals surface area contributed by atoms with Crippen LogP contribution in [0.2, 0.25) is 0 Å². The van der Waals surface area contributed by atoms with Crippen LogP contribution < -0.4 is 4.74 Å². The van der Waals surface area contributed by atoms with Crippen molar-refractivity contribution >= 4 is 11.4 Å². The minimum atomic E-state index is -0.640. The molecule has 2 aromatic rings. The highest BCUT2D eigenvalue weighted by atomic mass is 16.6. The zero-order valence-electron chi connectivity index (χ0n) is 12.6. The van der Waals surface area contributed by atoms with E-state index >= 15 is 0 Å². The van der Waals surface area contributed by atoms with Crippen LogP contribution in [-0.2, 0) is 0 Å². The van der Waals surface area contributed by atoms with E-state index in [9.17, 15) is 20.2 Å². The summed E-state index contributed by atoms with van der Waals surface area (Å²) in [6.45, 7) is 2.69. The number of nitro benzene ring substituents is 2. The van der Waals surface area contributed by atoms with E-state index in [0.717, 1.165) is 18.9 Å². The average molecular weight is 316 g/mol. The first-order valence-electron chi connectivity index (χ1n) is 7.18. The van der Waals surface area contributed by atoms with E-state index in [-0.39, 0.29) is 11.4 Å². The molecule has 0 aromatic heterocycles. The summed E-state index contributed by atoms with van der Waals surface area (Å²) >= 11 is 0. The Morgan fingerprint density at radius 1 is 0.913 bits per heavy atom. The lowest BCUT2D eigenvalue weighted by atomic mass is 10.0. The molecule has 0 aliphatic carbocycles.